The standard InChI is InChI=1S/C17H18F3NO4S/c1-24-15-9-4-3-8-14(15)16(25-2)11-21-26(22,23)13-7-5-6-12(10-13)17(18,19)20/h3-10,16,21H,11H2,1-2H3. The number of hydrogen-bond donors (Lipinski definition) is 1. The second kappa shape index (κ2) is 8.07. The summed E-state index contributed by atoms with van der Waals surface area (Å²) in [7, 11) is -1.28. The summed E-state index contributed by atoms with van der Waals surface area (Å²) < 4.78 is 75.8. The Morgan fingerprint density at radius 2 is 1.77 bits per heavy atom. The zero-order chi connectivity index (χ0) is 19.4. The zero-order valence-corrected chi connectivity index (χ0v) is 14.9. The summed E-state index contributed by atoms with van der Waals surface area (Å²) in [5.74, 6) is 0.512. The quantitative estimate of drug-likeness (QED) is 0.789. The maximum Gasteiger partial charge on any atom is 0.416 e. The van der Waals surface area contributed by atoms with E-state index in [1.807, 2.05) is 0 Å². The third-order valence-electron chi connectivity index (χ3n) is 3.70. The SMILES string of the molecule is COc1ccccc1C(CNS(=O)(=O)c1cccc(C(F)(F)F)c1)OC. The molecule has 1 N–H and O–H groups in total. The Morgan fingerprint density at radius 1 is 1.08 bits per heavy atom. The fourth-order valence-corrected chi connectivity index (χ4v) is 3.44. The van der Waals surface area contributed by atoms with Crippen molar-refractivity contribution >= 4 is 10.0 Å². The van der Waals surface area contributed by atoms with Crippen molar-refractivity contribution in [2.45, 2.75) is 17.2 Å². The maximum atomic E-state index is 12.8. The van der Waals surface area contributed by atoms with Crippen LogP contribution in [0.5, 0.6) is 5.75 Å². The number of sulfonamides is 1. The van der Waals surface area contributed by atoms with Gasteiger partial charge in [-0.05, 0) is 24.3 Å². The molecular weight excluding hydrogens is 371 g/mol. The minimum atomic E-state index is -4.63. The number of alkyl halides is 3. The summed E-state index contributed by atoms with van der Waals surface area (Å²) >= 11 is 0. The van der Waals surface area contributed by atoms with Gasteiger partial charge in [-0.25, -0.2) is 13.1 Å². The Kier molecular flexibility index (Phi) is 6.27. The Hall–Kier alpha value is -2.10. The van der Waals surface area contributed by atoms with E-state index in [9.17, 15) is 21.6 Å². The molecule has 0 aliphatic heterocycles. The van der Waals surface area contributed by atoms with Crippen molar-refractivity contribution in [3.8, 4) is 5.75 Å². The van der Waals surface area contributed by atoms with E-state index in [0.717, 1.165) is 18.2 Å². The molecule has 0 saturated carbocycles. The van der Waals surface area contributed by atoms with Crippen LogP contribution in [0.4, 0.5) is 13.2 Å². The van der Waals surface area contributed by atoms with E-state index in [4.69, 9.17) is 9.47 Å². The molecule has 0 amide bonds. The molecule has 26 heavy (non-hydrogen) atoms. The minimum absolute atomic E-state index is 0.171. The van der Waals surface area contributed by atoms with Crippen LogP contribution in [-0.2, 0) is 20.9 Å². The van der Waals surface area contributed by atoms with Crippen molar-refractivity contribution in [2.24, 2.45) is 0 Å². The van der Waals surface area contributed by atoms with Crippen LogP contribution in [0.1, 0.15) is 17.2 Å². The lowest BCUT2D eigenvalue weighted by Gasteiger charge is -2.19. The fraction of sp³-hybridized carbons (Fsp3) is 0.294. The molecule has 0 aromatic heterocycles. The second-order valence-corrected chi connectivity index (χ2v) is 7.11. The fourth-order valence-electron chi connectivity index (χ4n) is 2.36. The van der Waals surface area contributed by atoms with Crippen molar-refractivity contribution in [3.05, 3.63) is 59.7 Å². The zero-order valence-electron chi connectivity index (χ0n) is 14.1. The van der Waals surface area contributed by atoms with Crippen LogP contribution in [0.25, 0.3) is 0 Å². The van der Waals surface area contributed by atoms with Gasteiger partial charge in [-0.1, -0.05) is 24.3 Å². The number of nitrogens with one attached hydrogen (secondary N) is 1. The molecule has 0 aliphatic carbocycles. The van der Waals surface area contributed by atoms with Crippen molar-refractivity contribution in [1.82, 2.24) is 4.72 Å². The van der Waals surface area contributed by atoms with Gasteiger partial charge in [0.15, 0.2) is 0 Å². The highest BCUT2D eigenvalue weighted by atomic mass is 32.2. The van der Waals surface area contributed by atoms with Crippen LogP contribution >= 0.6 is 0 Å². The van der Waals surface area contributed by atoms with Crippen molar-refractivity contribution in [1.29, 1.82) is 0 Å². The molecule has 9 heteroatoms. The van der Waals surface area contributed by atoms with Crippen LogP contribution < -0.4 is 9.46 Å². The topological polar surface area (TPSA) is 64.6 Å². The van der Waals surface area contributed by atoms with Crippen LogP contribution in [0, 0.1) is 0 Å². The number of halogens is 3. The summed E-state index contributed by atoms with van der Waals surface area (Å²) in [5, 5.41) is 0. The van der Waals surface area contributed by atoms with E-state index in [-0.39, 0.29) is 6.54 Å². The normalized spacial score (nSPS) is 13.4. The first-order chi connectivity index (χ1) is 12.2. The molecule has 0 radical (unpaired) electrons. The average Bonchev–Trinajstić information content (AvgIpc) is 2.62. The molecule has 1 atom stereocenters. The Labute approximate surface area is 149 Å². The highest BCUT2D eigenvalue weighted by Gasteiger charge is 2.31. The van der Waals surface area contributed by atoms with E-state index >= 15 is 0 Å². The maximum absolute atomic E-state index is 12.8. The van der Waals surface area contributed by atoms with Gasteiger partial charge in [0.2, 0.25) is 10.0 Å². The molecule has 0 aliphatic rings. The number of rotatable bonds is 7. The molecule has 2 rings (SSSR count). The molecule has 0 bridgehead atoms. The lowest BCUT2D eigenvalue weighted by Crippen LogP contribution is -2.29. The van der Waals surface area contributed by atoms with Gasteiger partial charge in [0.25, 0.3) is 0 Å². The van der Waals surface area contributed by atoms with E-state index in [0.29, 0.717) is 17.4 Å². The van der Waals surface area contributed by atoms with Gasteiger partial charge in [-0.3, -0.25) is 0 Å². The number of hydrogen-bond acceptors (Lipinski definition) is 4. The molecule has 142 valence electrons. The van der Waals surface area contributed by atoms with Crippen molar-refractivity contribution in [3.63, 3.8) is 0 Å². The van der Waals surface area contributed by atoms with Crippen molar-refractivity contribution < 1.29 is 31.1 Å². The van der Waals surface area contributed by atoms with Crippen molar-refractivity contribution in [2.75, 3.05) is 20.8 Å². The van der Waals surface area contributed by atoms with E-state index in [1.54, 1.807) is 24.3 Å². The summed E-state index contributed by atoms with van der Waals surface area (Å²) in [5.41, 5.74) is -0.419. The van der Waals surface area contributed by atoms with Crippen LogP contribution in [0.2, 0.25) is 0 Å². The van der Waals surface area contributed by atoms with Crippen LogP contribution in [-0.4, -0.2) is 29.2 Å². The first-order valence-electron chi connectivity index (χ1n) is 7.51. The van der Waals surface area contributed by atoms with Gasteiger partial charge in [-0.15, -0.1) is 0 Å². The number of ether oxygens (including phenoxy) is 2. The summed E-state index contributed by atoms with van der Waals surface area (Å²) in [6, 6.07) is 10.5. The molecule has 0 saturated heterocycles. The number of methoxy groups -OCH3 is 2. The van der Waals surface area contributed by atoms with Gasteiger partial charge >= 0.3 is 6.18 Å². The largest absolute Gasteiger partial charge is 0.496 e. The average molecular weight is 389 g/mol. The molecule has 1 unspecified atom stereocenters. The third kappa shape index (κ3) is 4.75. The second-order valence-electron chi connectivity index (χ2n) is 5.34. The molecule has 0 heterocycles. The first-order valence-corrected chi connectivity index (χ1v) is 9.00. The Bertz CT molecular complexity index is 853. The van der Waals surface area contributed by atoms with Gasteiger partial charge < -0.3 is 9.47 Å². The molecule has 5 nitrogen and oxygen atoms in total. The van der Waals surface area contributed by atoms with E-state index in [2.05, 4.69) is 4.72 Å². The van der Waals surface area contributed by atoms with E-state index < -0.39 is 32.8 Å². The smallest absolute Gasteiger partial charge is 0.416 e. The number of benzene rings is 2. The summed E-state index contributed by atoms with van der Waals surface area (Å²) in [4.78, 5) is -0.470. The molecule has 0 spiro atoms. The number of para-hydroxylation sites is 1. The lowest BCUT2D eigenvalue weighted by atomic mass is 10.1. The molecule has 2 aromatic rings. The minimum Gasteiger partial charge on any atom is -0.496 e. The lowest BCUT2D eigenvalue weighted by molar-refractivity contribution is -0.137. The van der Waals surface area contributed by atoms with Gasteiger partial charge in [0.05, 0.1) is 23.7 Å². The van der Waals surface area contributed by atoms with Gasteiger partial charge in [0, 0.05) is 19.2 Å². The van der Waals surface area contributed by atoms with Gasteiger partial charge in [0.1, 0.15) is 5.75 Å². The highest BCUT2D eigenvalue weighted by molar-refractivity contribution is 7.89. The monoisotopic (exact) mass is 389 g/mol. The molecule has 2 aromatic carbocycles. The Morgan fingerprint density at radius 3 is 2.38 bits per heavy atom. The summed E-state index contributed by atoms with van der Waals surface area (Å²) in [6.07, 6.45) is -5.30. The van der Waals surface area contributed by atoms with Crippen LogP contribution in [0.3, 0.4) is 0 Å². The van der Waals surface area contributed by atoms with E-state index in [1.165, 1.54) is 14.2 Å². The highest BCUT2D eigenvalue weighted by Crippen LogP contribution is 2.31. The molecule has 0 fully saturated rings. The molecular formula is C17H18F3NO4S. The third-order valence-corrected chi connectivity index (χ3v) is 5.12. The summed E-state index contributed by atoms with van der Waals surface area (Å²) in [6.45, 7) is -0.171. The van der Waals surface area contributed by atoms with Gasteiger partial charge in [-0.2, -0.15) is 13.2 Å². The first kappa shape index (κ1) is 20.2. The predicted molar refractivity (Wildman–Crippen MR) is 89.4 cm³/mol. The van der Waals surface area contributed by atoms with Crippen LogP contribution in [0.15, 0.2) is 53.4 Å². The predicted octanol–water partition coefficient (Wildman–Crippen LogP) is 3.38. The Balaban J connectivity index is 2.21.